The molecule has 2 aromatic carbocycles. The van der Waals surface area contributed by atoms with Crippen LogP contribution in [0.2, 0.25) is 0 Å². The number of hydrogen-bond donors (Lipinski definition) is 1. The predicted molar refractivity (Wildman–Crippen MR) is 130 cm³/mol. The van der Waals surface area contributed by atoms with Crippen LogP contribution in [0, 0.1) is 0 Å². The zero-order valence-corrected chi connectivity index (χ0v) is 19.8. The molecule has 1 aliphatic heterocycles. The SMILES string of the molecule is CCOC(=O)c1cccc(NC(=O)C[C@@H]2C(=O)N(c3cccc(OC)c3)C(=O)N2Cc2ccco2)c1. The standard InChI is InChI=1S/C26H25N3O7/c1-3-35-25(32)17-7-4-8-18(13-17)27-23(30)15-22-24(31)29(19-9-5-10-20(14-19)34-2)26(33)28(22)16-21-11-6-12-36-21/h4-14,22H,3,15-16H2,1-2H3,(H,27,30)/t22-/m1/s1. The maximum absolute atomic E-state index is 13.4. The average Bonchev–Trinajstić information content (AvgIpc) is 3.47. The molecule has 0 radical (unpaired) electrons. The van der Waals surface area contributed by atoms with Crippen LogP contribution in [0.25, 0.3) is 0 Å². The van der Waals surface area contributed by atoms with Crippen LogP contribution in [-0.2, 0) is 20.9 Å². The van der Waals surface area contributed by atoms with Gasteiger partial charge in [0.05, 0.1) is 44.2 Å². The molecule has 4 rings (SSSR count). The zero-order chi connectivity index (χ0) is 25.7. The molecule has 1 N–H and O–H groups in total. The van der Waals surface area contributed by atoms with Crippen molar-refractivity contribution < 1.29 is 33.1 Å². The molecule has 0 aliphatic carbocycles. The van der Waals surface area contributed by atoms with Gasteiger partial charge in [-0.1, -0.05) is 12.1 Å². The number of imide groups is 1. The second-order valence-corrected chi connectivity index (χ2v) is 7.93. The first-order chi connectivity index (χ1) is 17.4. The summed E-state index contributed by atoms with van der Waals surface area (Å²) in [7, 11) is 1.49. The summed E-state index contributed by atoms with van der Waals surface area (Å²) in [6.07, 6.45) is 1.17. The molecule has 0 bridgehead atoms. The van der Waals surface area contributed by atoms with Crippen LogP contribution >= 0.6 is 0 Å². The minimum absolute atomic E-state index is 0.00827. The highest BCUT2D eigenvalue weighted by Crippen LogP contribution is 2.30. The minimum atomic E-state index is -1.07. The van der Waals surface area contributed by atoms with Crippen molar-refractivity contribution in [3.05, 3.63) is 78.3 Å². The first kappa shape index (κ1) is 24.5. The Morgan fingerprint density at radius 1 is 1.06 bits per heavy atom. The molecule has 1 aromatic heterocycles. The van der Waals surface area contributed by atoms with Crippen LogP contribution < -0.4 is 15.0 Å². The number of nitrogens with zero attached hydrogens (tertiary/aromatic N) is 2. The van der Waals surface area contributed by atoms with Crippen molar-refractivity contribution in [1.82, 2.24) is 4.90 Å². The highest BCUT2D eigenvalue weighted by molar-refractivity contribution is 6.22. The topological polar surface area (TPSA) is 118 Å². The van der Waals surface area contributed by atoms with Crippen LogP contribution in [0.4, 0.5) is 16.2 Å². The number of furan rings is 1. The maximum atomic E-state index is 13.4. The number of rotatable bonds is 9. The third kappa shape index (κ3) is 5.22. The Kier molecular flexibility index (Phi) is 7.33. The molecule has 186 valence electrons. The Morgan fingerprint density at radius 2 is 1.86 bits per heavy atom. The van der Waals surface area contributed by atoms with Crippen molar-refractivity contribution in [3.63, 3.8) is 0 Å². The lowest BCUT2D eigenvalue weighted by Gasteiger charge is -2.20. The van der Waals surface area contributed by atoms with Gasteiger partial charge in [-0.3, -0.25) is 9.59 Å². The normalized spacial score (nSPS) is 15.2. The fourth-order valence-corrected chi connectivity index (χ4v) is 3.90. The van der Waals surface area contributed by atoms with Gasteiger partial charge < -0.3 is 24.1 Å². The molecule has 0 unspecified atom stereocenters. The molecular formula is C26H25N3O7. The molecule has 0 saturated carbocycles. The summed E-state index contributed by atoms with van der Waals surface area (Å²) < 4.78 is 15.6. The Balaban J connectivity index is 1.56. The van der Waals surface area contributed by atoms with E-state index in [0.29, 0.717) is 22.9 Å². The summed E-state index contributed by atoms with van der Waals surface area (Å²) in [6, 6.07) is 14.6. The quantitative estimate of drug-likeness (QED) is 0.357. The van der Waals surface area contributed by atoms with E-state index in [0.717, 1.165) is 4.90 Å². The van der Waals surface area contributed by atoms with Crippen LogP contribution in [-0.4, -0.2) is 48.5 Å². The smallest absolute Gasteiger partial charge is 0.338 e. The van der Waals surface area contributed by atoms with Crippen molar-refractivity contribution in [1.29, 1.82) is 0 Å². The number of esters is 1. The third-order valence-electron chi connectivity index (χ3n) is 5.57. The highest BCUT2D eigenvalue weighted by Gasteiger charge is 2.47. The van der Waals surface area contributed by atoms with E-state index in [1.807, 2.05) is 0 Å². The zero-order valence-electron chi connectivity index (χ0n) is 19.8. The Bertz CT molecular complexity index is 1270. The Labute approximate surface area is 207 Å². The van der Waals surface area contributed by atoms with Gasteiger partial charge in [-0.15, -0.1) is 0 Å². The summed E-state index contributed by atoms with van der Waals surface area (Å²) in [5.74, 6) is -0.609. The molecule has 4 amide bonds. The van der Waals surface area contributed by atoms with Crippen LogP contribution in [0.5, 0.6) is 5.75 Å². The number of methoxy groups -OCH3 is 1. The molecular weight excluding hydrogens is 466 g/mol. The van der Waals surface area contributed by atoms with E-state index < -0.39 is 29.9 Å². The van der Waals surface area contributed by atoms with E-state index >= 15 is 0 Å². The number of anilines is 2. The number of amides is 4. The molecule has 10 nitrogen and oxygen atoms in total. The van der Waals surface area contributed by atoms with E-state index in [1.165, 1.54) is 24.3 Å². The summed E-state index contributed by atoms with van der Waals surface area (Å²) in [4.78, 5) is 54.0. The first-order valence-corrected chi connectivity index (χ1v) is 11.3. The molecule has 3 aromatic rings. The van der Waals surface area contributed by atoms with Crippen LogP contribution in [0.1, 0.15) is 29.5 Å². The fraction of sp³-hybridized carbons (Fsp3) is 0.231. The molecule has 36 heavy (non-hydrogen) atoms. The van der Waals surface area contributed by atoms with Crippen LogP contribution in [0.3, 0.4) is 0 Å². The average molecular weight is 492 g/mol. The van der Waals surface area contributed by atoms with Gasteiger partial charge in [-0.2, -0.15) is 0 Å². The van der Waals surface area contributed by atoms with Crippen molar-refractivity contribution in [2.45, 2.75) is 25.9 Å². The monoisotopic (exact) mass is 491 g/mol. The number of nitrogens with one attached hydrogen (secondary N) is 1. The van der Waals surface area contributed by atoms with Gasteiger partial charge >= 0.3 is 12.0 Å². The highest BCUT2D eigenvalue weighted by atomic mass is 16.5. The molecule has 1 aliphatic rings. The van der Waals surface area contributed by atoms with Gasteiger partial charge in [0, 0.05) is 11.8 Å². The molecule has 10 heteroatoms. The molecule has 1 fully saturated rings. The van der Waals surface area contributed by atoms with E-state index in [4.69, 9.17) is 13.9 Å². The van der Waals surface area contributed by atoms with Gasteiger partial charge in [-0.25, -0.2) is 14.5 Å². The summed E-state index contributed by atoms with van der Waals surface area (Å²) >= 11 is 0. The summed E-state index contributed by atoms with van der Waals surface area (Å²) in [6.45, 7) is 1.93. The van der Waals surface area contributed by atoms with Gasteiger partial charge in [0.1, 0.15) is 17.6 Å². The van der Waals surface area contributed by atoms with Gasteiger partial charge in [-0.05, 0) is 49.4 Å². The maximum Gasteiger partial charge on any atom is 0.338 e. The number of carbonyl (C=O) groups excluding carboxylic acids is 4. The van der Waals surface area contributed by atoms with Crippen LogP contribution in [0.15, 0.2) is 71.3 Å². The van der Waals surface area contributed by atoms with E-state index in [1.54, 1.807) is 61.5 Å². The van der Waals surface area contributed by atoms with E-state index in [-0.39, 0.29) is 25.1 Å². The Morgan fingerprint density at radius 3 is 2.58 bits per heavy atom. The largest absolute Gasteiger partial charge is 0.497 e. The van der Waals surface area contributed by atoms with E-state index in [9.17, 15) is 19.2 Å². The molecule has 1 saturated heterocycles. The lowest BCUT2D eigenvalue weighted by atomic mass is 10.1. The number of urea groups is 1. The molecule has 0 spiro atoms. The summed E-state index contributed by atoms with van der Waals surface area (Å²) in [5, 5.41) is 2.69. The fourth-order valence-electron chi connectivity index (χ4n) is 3.90. The summed E-state index contributed by atoms with van der Waals surface area (Å²) in [5.41, 5.74) is 0.980. The number of benzene rings is 2. The number of carbonyl (C=O) groups is 4. The predicted octanol–water partition coefficient (Wildman–Crippen LogP) is 3.83. The second kappa shape index (κ2) is 10.8. The van der Waals surface area contributed by atoms with Gasteiger partial charge in [0.2, 0.25) is 5.91 Å². The number of hydrogen-bond acceptors (Lipinski definition) is 7. The van der Waals surface area contributed by atoms with Crippen molar-refractivity contribution in [2.75, 3.05) is 23.9 Å². The van der Waals surface area contributed by atoms with E-state index in [2.05, 4.69) is 5.32 Å². The van der Waals surface area contributed by atoms with Crippen molar-refractivity contribution in [3.8, 4) is 5.75 Å². The minimum Gasteiger partial charge on any atom is -0.497 e. The van der Waals surface area contributed by atoms with Gasteiger partial charge in [0.15, 0.2) is 0 Å². The molecule has 2 heterocycles. The lowest BCUT2D eigenvalue weighted by Crippen LogP contribution is -2.37. The first-order valence-electron chi connectivity index (χ1n) is 11.3. The van der Waals surface area contributed by atoms with Crippen molar-refractivity contribution in [2.24, 2.45) is 0 Å². The lowest BCUT2D eigenvalue weighted by molar-refractivity contribution is -0.124. The Hall–Kier alpha value is -4.60. The number of ether oxygens (including phenoxy) is 2. The van der Waals surface area contributed by atoms with Crippen molar-refractivity contribution >= 4 is 35.2 Å². The second-order valence-electron chi connectivity index (χ2n) is 7.93. The molecule has 1 atom stereocenters. The van der Waals surface area contributed by atoms with Gasteiger partial charge in [0.25, 0.3) is 5.91 Å². The third-order valence-corrected chi connectivity index (χ3v) is 5.57.